The topological polar surface area (TPSA) is 42.4 Å². The van der Waals surface area contributed by atoms with Crippen molar-refractivity contribution in [3.05, 3.63) is 88.2 Å². The molecule has 2 atom stereocenters. The number of methoxy groups -OCH3 is 1. The summed E-state index contributed by atoms with van der Waals surface area (Å²) in [5, 5.41) is 1.05. The molecule has 1 aliphatic heterocycles. The van der Waals surface area contributed by atoms with Gasteiger partial charge >= 0.3 is 0 Å². The third-order valence-corrected chi connectivity index (χ3v) is 5.80. The second-order valence-corrected chi connectivity index (χ2v) is 7.72. The van der Waals surface area contributed by atoms with Gasteiger partial charge in [0, 0.05) is 16.9 Å². The molecule has 0 aliphatic carbocycles. The van der Waals surface area contributed by atoms with Crippen molar-refractivity contribution < 1.29 is 9.53 Å². The van der Waals surface area contributed by atoms with E-state index in [9.17, 15) is 4.79 Å². The van der Waals surface area contributed by atoms with E-state index in [0.717, 1.165) is 22.6 Å². The summed E-state index contributed by atoms with van der Waals surface area (Å²) in [5.41, 5.74) is 1.89. The van der Waals surface area contributed by atoms with Gasteiger partial charge in [0.2, 0.25) is 5.91 Å². The maximum absolute atomic E-state index is 13.4. The van der Waals surface area contributed by atoms with Crippen molar-refractivity contribution in [3.8, 4) is 5.75 Å². The number of halogens is 2. The van der Waals surface area contributed by atoms with Crippen LogP contribution in [0.15, 0.2) is 66.9 Å². The van der Waals surface area contributed by atoms with Crippen LogP contribution in [0, 0.1) is 0 Å². The van der Waals surface area contributed by atoms with Gasteiger partial charge in [-0.3, -0.25) is 4.79 Å². The lowest BCUT2D eigenvalue weighted by atomic mass is 9.65. The molecule has 1 aliphatic rings. The zero-order valence-corrected chi connectivity index (χ0v) is 16.9. The molecule has 4 nitrogen and oxygen atoms in total. The number of anilines is 1. The van der Waals surface area contributed by atoms with Crippen molar-refractivity contribution in [3.63, 3.8) is 0 Å². The minimum absolute atomic E-state index is 0.0138. The van der Waals surface area contributed by atoms with Crippen molar-refractivity contribution in [2.75, 3.05) is 12.0 Å². The fourth-order valence-electron chi connectivity index (χ4n) is 3.79. The first-order valence-corrected chi connectivity index (χ1v) is 9.56. The Bertz CT molecular complexity index is 1000. The van der Waals surface area contributed by atoms with E-state index >= 15 is 0 Å². The van der Waals surface area contributed by atoms with Gasteiger partial charge in [0.1, 0.15) is 10.9 Å². The Morgan fingerprint density at radius 2 is 1.68 bits per heavy atom. The van der Waals surface area contributed by atoms with Gasteiger partial charge in [0.15, 0.2) is 0 Å². The molecule has 1 aromatic heterocycles. The number of carbonyl (C=O) groups excluding carboxylic acids is 1. The number of hydrogen-bond acceptors (Lipinski definition) is 3. The predicted octanol–water partition coefficient (Wildman–Crippen LogP) is 5.44. The van der Waals surface area contributed by atoms with Crippen molar-refractivity contribution in [2.45, 2.75) is 18.4 Å². The summed E-state index contributed by atoms with van der Waals surface area (Å²) in [6.07, 6.45) is 1.73. The van der Waals surface area contributed by atoms with Gasteiger partial charge in [-0.25, -0.2) is 4.98 Å². The first kappa shape index (κ1) is 18.8. The van der Waals surface area contributed by atoms with Gasteiger partial charge in [-0.1, -0.05) is 41.4 Å². The normalized spacial score (nSPS) is 21.4. The van der Waals surface area contributed by atoms with Crippen molar-refractivity contribution in [1.29, 1.82) is 0 Å². The molecule has 1 saturated heterocycles. The Morgan fingerprint density at radius 1 is 1.00 bits per heavy atom. The van der Waals surface area contributed by atoms with E-state index < -0.39 is 5.41 Å². The molecule has 0 N–H and O–H groups in total. The molecule has 2 unspecified atom stereocenters. The number of pyridine rings is 1. The number of carbonyl (C=O) groups is 1. The average Bonchev–Trinajstić information content (AvgIpc) is 2.72. The van der Waals surface area contributed by atoms with Crippen LogP contribution in [0.25, 0.3) is 0 Å². The molecular formula is C22H18Cl2N2O2. The summed E-state index contributed by atoms with van der Waals surface area (Å²) in [4.78, 5) is 19.4. The van der Waals surface area contributed by atoms with Crippen molar-refractivity contribution in [2.24, 2.45) is 0 Å². The molecule has 0 radical (unpaired) electrons. The molecule has 0 saturated carbocycles. The fourth-order valence-corrected chi connectivity index (χ4v) is 4.03. The number of hydrogen-bond donors (Lipinski definition) is 0. The Morgan fingerprint density at radius 3 is 2.25 bits per heavy atom. The highest BCUT2D eigenvalue weighted by molar-refractivity contribution is 6.30. The van der Waals surface area contributed by atoms with Crippen LogP contribution in [-0.2, 0) is 10.2 Å². The van der Waals surface area contributed by atoms with Gasteiger partial charge < -0.3 is 9.64 Å². The summed E-state index contributed by atoms with van der Waals surface area (Å²) < 4.78 is 5.23. The van der Waals surface area contributed by atoms with E-state index in [1.54, 1.807) is 24.3 Å². The molecule has 1 fully saturated rings. The van der Waals surface area contributed by atoms with Gasteiger partial charge in [-0.15, -0.1) is 0 Å². The van der Waals surface area contributed by atoms with E-state index in [0.29, 0.717) is 10.2 Å². The van der Waals surface area contributed by atoms with E-state index in [1.807, 2.05) is 61.5 Å². The zero-order chi connectivity index (χ0) is 19.9. The van der Waals surface area contributed by atoms with Crippen LogP contribution in [0.1, 0.15) is 24.1 Å². The van der Waals surface area contributed by atoms with E-state index in [1.165, 1.54) is 0 Å². The van der Waals surface area contributed by atoms with Gasteiger partial charge in [-0.2, -0.15) is 0 Å². The van der Waals surface area contributed by atoms with E-state index in [4.69, 9.17) is 27.9 Å². The predicted molar refractivity (Wildman–Crippen MR) is 111 cm³/mol. The second-order valence-electron chi connectivity index (χ2n) is 6.90. The number of benzene rings is 2. The summed E-state index contributed by atoms with van der Waals surface area (Å²) >= 11 is 12.0. The molecule has 4 rings (SSSR count). The molecule has 6 heteroatoms. The molecular weight excluding hydrogens is 395 g/mol. The Hall–Kier alpha value is -2.56. The van der Waals surface area contributed by atoms with Crippen LogP contribution in [-0.4, -0.2) is 18.0 Å². The van der Waals surface area contributed by atoms with Gasteiger partial charge in [-0.05, 0) is 60.5 Å². The molecule has 2 aromatic carbocycles. The van der Waals surface area contributed by atoms with Crippen LogP contribution >= 0.6 is 23.2 Å². The Labute approximate surface area is 173 Å². The Kier molecular flexibility index (Phi) is 4.77. The molecule has 3 aromatic rings. The molecule has 0 spiro atoms. The maximum Gasteiger partial charge on any atom is 0.240 e. The summed E-state index contributed by atoms with van der Waals surface area (Å²) in [6.45, 7) is 1.96. The highest BCUT2D eigenvalue weighted by Gasteiger charge is 2.59. The lowest BCUT2D eigenvalue weighted by Gasteiger charge is -2.55. The minimum Gasteiger partial charge on any atom is -0.497 e. The summed E-state index contributed by atoms with van der Waals surface area (Å²) in [5.74, 6) is 0.752. The lowest BCUT2D eigenvalue weighted by molar-refractivity contribution is -0.132. The van der Waals surface area contributed by atoms with E-state index in [-0.39, 0.29) is 11.9 Å². The van der Waals surface area contributed by atoms with Crippen LogP contribution < -0.4 is 9.64 Å². The molecule has 142 valence electrons. The number of nitrogens with zero attached hydrogens (tertiary/aromatic N) is 2. The van der Waals surface area contributed by atoms with Crippen LogP contribution in [0.4, 0.5) is 5.69 Å². The number of aromatic nitrogens is 1. The monoisotopic (exact) mass is 412 g/mol. The number of β-lactam (4-membered cyclic amide) rings is 1. The Balaban J connectivity index is 1.81. The SMILES string of the molecule is COc1ccc(N2C(=O)C(C)(c3ccc(Cl)cc3)C2c2ccc(Cl)nc2)cc1. The quantitative estimate of drug-likeness (QED) is 0.422. The number of ether oxygens (including phenoxy) is 1. The van der Waals surface area contributed by atoms with Crippen molar-refractivity contribution in [1.82, 2.24) is 4.98 Å². The first-order valence-electron chi connectivity index (χ1n) is 8.80. The van der Waals surface area contributed by atoms with E-state index in [2.05, 4.69) is 4.98 Å². The average molecular weight is 413 g/mol. The van der Waals surface area contributed by atoms with Gasteiger partial charge in [0.05, 0.1) is 18.6 Å². The minimum atomic E-state index is -0.736. The molecule has 0 bridgehead atoms. The smallest absolute Gasteiger partial charge is 0.240 e. The molecule has 28 heavy (non-hydrogen) atoms. The third kappa shape index (κ3) is 2.93. The maximum atomic E-state index is 13.4. The summed E-state index contributed by atoms with van der Waals surface area (Å²) in [7, 11) is 1.61. The lowest BCUT2D eigenvalue weighted by Crippen LogP contribution is -2.65. The van der Waals surface area contributed by atoms with Crippen molar-refractivity contribution >= 4 is 34.8 Å². The third-order valence-electron chi connectivity index (χ3n) is 5.33. The standard InChI is InChI=1S/C22H18Cl2N2O2/c1-22(15-4-6-16(23)7-5-15)20(14-3-12-19(24)25-13-14)26(21(22)27)17-8-10-18(28-2)11-9-17/h3-13,20H,1-2H3. The number of amides is 1. The fraction of sp³-hybridized carbons (Fsp3) is 0.182. The second kappa shape index (κ2) is 7.12. The highest BCUT2D eigenvalue weighted by Crippen LogP contribution is 2.53. The number of rotatable bonds is 4. The first-order chi connectivity index (χ1) is 13.4. The van der Waals surface area contributed by atoms with Crippen LogP contribution in [0.2, 0.25) is 10.2 Å². The molecule has 2 heterocycles. The van der Waals surface area contributed by atoms with Crippen LogP contribution in [0.3, 0.4) is 0 Å². The van der Waals surface area contributed by atoms with Gasteiger partial charge in [0.25, 0.3) is 0 Å². The zero-order valence-electron chi connectivity index (χ0n) is 15.4. The summed E-state index contributed by atoms with van der Waals surface area (Å²) in [6, 6.07) is 18.3. The molecule has 1 amide bonds. The highest BCUT2D eigenvalue weighted by atomic mass is 35.5. The largest absolute Gasteiger partial charge is 0.497 e. The van der Waals surface area contributed by atoms with Crippen LogP contribution in [0.5, 0.6) is 5.75 Å².